The molecule has 2 radical (unpaired) electrons. The molecule has 0 aliphatic carbocycles. The monoisotopic (exact) mass is 279 g/mol. The average molecular weight is 281 g/mol. The van der Waals surface area contributed by atoms with E-state index in [1.54, 1.807) is 0 Å². The van der Waals surface area contributed by atoms with Gasteiger partial charge in [0.15, 0.2) is 0 Å². The molecule has 0 fully saturated rings. The summed E-state index contributed by atoms with van der Waals surface area (Å²) in [6.45, 7) is 6.56. The topological polar surface area (TPSA) is 3.24 Å². The molecule has 0 aromatic rings. The third kappa shape index (κ3) is 5.31. The highest BCUT2D eigenvalue weighted by atomic mass is 79.9. The summed E-state index contributed by atoms with van der Waals surface area (Å²) < 4.78 is 2.20. The molecule has 0 bridgehead atoms. The van der Waals surface area contributed by atoms with E-state index in [-0.39, 0.29) is 5.54 Å². The minimum absolute atomic E-state index is 0.182. The van der Waals surface area contributed by atoms with Gasteiger partial charge in [-0.1, -0.05) is 0 Å². The normalized spacial score (nSPS) is 11.8. The molecule has 5 heteroatoms. The van der Waals surface area contributed by atoms with Crippen LogP contribution < -0.4 is 0 Å². The Morgan fingerprint density at radius 2 is 1.45 bits per heavy atom. The van der Waals surface area contributed by atoms with Crippen molar-refractivity contribution in [3.05, 3.63) is 0 Å². The number of hydrogen-bond acceptors (Lipinski definition) is 1. The molecule has 1 nitrogen and oxygen atoms in total. The molecule has 0 N–H and O–H groups in total. The first kappa shape index (κ1) is 12.0. The van der Waals surface area contributed by atoms with Crippen LogP contribution in [0.25, 0.3) is 0 Å². The van der Waals surface area contributed by atoms with Crippen molar-refractivity contribution < 1.29 is 0 Å². The van der Waals surface area contributed by atoms with Crippen LogP contribution in [-0.2, 0) is 0 Å². The lowest BCUT2D eigenvalue weighted by Crippen LogP contribution is -2.47. The molecule has 0 aromatic heterocycles. The molecule has 0 unspecified atom stereocenters. The van der Waals surface area contributed by atoms with E-state index in [0.29, 0.717) is 0 Å². The second-order valence-electron chi connectivity index (χ2n) is 3.25. The average Bonchev–Trinajstić information content (AvgIpc) is 1.85. The van der Waals surface area contributed by atoms with Crippen LogP contribution in [0.5, 0.6) is 0 Å². The van der Waals surface area contributed by atoms with Gasteiger partial charge in [-0.15, -0.1) is 31.9 Å². The summed E-state index contributed by atoms with van der Waals surface area (Å²) >= 11 is 6.76. The van der Waals surface area contributed by atoms with Crippen molar-refractivity contribution in [3.8, 4) is 0 Å². The van der Waals surface area contributed by atoms with E-state index < -0.39 is 0 Å². The Hall–Kier alpha value is 1.05. The van der Waals surface area contributed by atoms with Crippen LogP contribution in [0, 0.1) is 0 Å². The quantitative estimate of drug-likeness (QED) is 0.563. The molecule has 0 aliphatic heterocycles. The lowest BCUT2D eigenvalue weighted by atomic mass is 9.74. The molecule has 0 heterocycles. The molecule has 0 saturated carbocycles. The van der Waals surface area contributed by atoms with Crippen molar-refractivity contribution in [2.24, 2.45) is 0 Å². The van der Waals surface area contributed by atoms with Gasteiger partial charge in [-0.25, -0.2) is 0 Å². The van der Waals surface area contributed by atoms with Gasteiger partial charge in [-0.3, -0.25) is 0 Å². The van der Waals surface area contributed by atoms with Crippen LogP contribution in [0.1, 0.15) is 20.8 Å². The molecule has 0 aromatic carbocycles. The van der Waals surface area contributed by atoms with Gasteiger partial charge in [-0.2, -0.15) is 0 Å². The van der Waals surface area contributed by atoms with Gasteiger partial charge < -0.3 is 4.72 Å². The summed E-state index contributed by atoms with van der Waals surface area (Å²) in [6, 6.07) is 0. The molecule has 0 saturated heterocycles. The summed E-state index contributed by atoms with van der Waals surface area (Å²) in [5.41, 5.74) is 0.182. The Kier molecular flexibility index (Phi) is 6.19. The standard InChI is InChI=1S/C6H13B2Br2N/c1-6(2,3)11(7-4-9)8-5-10/h4-5H2,1-3H3. The Morgan fingerprint density at radius 1 is 1.09 bits per heavy atom. The molecule has 0 spiro atoms. The fourth-order valence-electron chi connectivity index (χ4n) is 0.771. The fraction of sp³-hybridized carbons (Fsp3) is 1.00. The van der Waals surface area contributed by atoms with E-state index in [1.807, 2.05) is 0 Å². The van der Waals surface area contributed by atoms with Gasteiger partial charge in [-0.05, 0) is 36.8 Å². The van der Waals surface area contributed by atoms with Gasteiger partial charge >= 0.3 is 0 Å². The van der Waals surface area contributed by atoms with E-state index in [1.165, 1.54) is 0 Å². The zero-order chi connectivity index (χ0) is 8.91. The van der Waals surface area contributed by atoms with Gasteiger partial charge in [0.1, 0.15) is 0 Å². The molecule has 0 rings (SSSR count). The van der Waals surface area contributed by atoms with E-state index in [9.17, 15) is 0 Å². The largest absolute Gasteiger partial charge is 0.387 e. The smallest absolute Gasteiger partial charge is 0.207 e. The fourth-order valence-corrected chi connectivity index (χ4v) is 1.39. The van der Waals surface area contributed by atoms with Crippen LogP contribution in [0.2, 0.25) is 0 Å². The highest BCUT2D eigenvalue weighted by Crippen LogP contribution is 2.10. The number of hydrogen-bond donors (Lipinski definition) is 0. The molecule has 11 heavy (non-hydrogen) atoms. The zero-order valence-corrected chi connectivity index (χ0v) is 10.4. The molecule has 62 valence electrons. The van der Waals surface area contributed by atoms with E-state index in [0.717, 1.165) is 10.5 Å². The maximum absolute atomic E-state index is 3.38. The molecular formula is C6H13B2Br2N. The van der Waals surface area contributed by atoms with Crippen LogP contribution >= 0.6 is 31.9 Å². The Bertz CT molecular complexity index is 99.2. The Labute approximate surface area is 88.1 Å². The second kappa shape index (κ2) is 5.65. The van der Waals surface area contributed by atoms with Crippen LogP contribution in [0.15, 0.2) is 0 Å². The van der Waals surface area contributed by atoms with Crippen LogP contribution in [0.3, 0.4) is 0 Å². The minimum atomic E-state index is 0.182. The van der Waals surface area contributed by atoms with Crippen LogP contribution in [0.4, 0.5) is 0 Å². The summed E-state index contributed by atoms with van der Waals surface area (Å²) in [4.78, 5) is 0. The summed E-state index contributed by atoms with van der Waals surface area (Å²) in [7, 11) is 4.25. The zero-order valence-electron chi connectivity index (χ0n) is 7.27. The molecule has 0 aliphatic rings. The second-order valence-corrected chi connectivity index (χ2v) is 4.55. The van der Waals surface area contributed by atoms with Gasteiger partial charge in [0.25, 0.3) is 0 Å². The minimum Gasteiger partial charge on any atom is -0.387 e. The lowest BCUT2D eigenvalue weighted by molar-refractivity contribution is 0.377. The van der Waals surface area contributed by atoms with Crippen molar-refractivity contribution in [1.82, 2.24) is 4.72 Å². The predicted molar refractivity (Wildman–Crippen MR) is 60.7 cm³/mol. The van der Waals surface area contributed by atoms with Crippen molar-refractivity contribution in [2.75, 3.05) is 10.5 Å². The Morgan fingerprint density at radius 3 is 1.64 bits per heavy atom. The van der Waals surface area contributed by atoms with E-state index in [4.69, 9.17) is 0 Å². The van der Waals surface area contributed by atoms with Gasteiger partial charge in [0.05, 0.1) is 0 Å². The lowest BCUT2D eigenvalue weighted by Gasteiger charge is -2.34. The molecular weight excluding hydrogens is 268 g/mol. The van der Waals surface area contributed by atoms with E-state index in [2.05, 4.69) is 72.2 Å². The summed E-state index contributed by atoms with van der Waals surface area (Å²) in [5.74, 6) is 0. The summed E-state index contributed by atoms with van der Waals surface area (Å²) in [5, 5.41) is 1.79. The third-order valence-electron chi connectivity index (χ3n) is 1.31. The molecule has 0 atom stereocenters. The van der Waals surface area contributed by atoms with Crippen molar-refractivity contribution in [1.29, 1.82) is 0 Å². The van der Waals surface area contributed by atoms with Gasteiger partial charge in [0, 0.05) is 0 Å². The van der Waals surface area contributed by atoms with Crippen LogP contribution in [-0.4, -0.2) is 35.5 Å². The molecule has 0 amide bonds. The maximum Gasteiger partial charge on any atom is 0.207 e. The SMILES string of the molecule is CC(C)(C)N([B]CBr)[B]CBr. The first-order valence-corrected chi connectivity index (χ1v) is 5.83. The predicted octanol–water partition coefficient (Wildman–Crippen LogP) is 2.03. The maximum atomic E-state index is 3.38. The van der Waals surface area contributed by atoms with Crippen molar-refractivity contribution in [3.63, 3.8) is 0 Å². The highest BCUT2D eigenvalue weighted by molar-refractivity contribution is 9.09. The van der Waals surface area contributed by atoms with Gasteiger partial charge in [0.2, 0.25) is 14.8 Å². The Balaban J connectivity index is 3.88. The number of halogens is 2. The van der Waals surface area contributed by atoms with E-state index >= 15 is 0 Å². The first-order chi connectivity index (χ1) is 5.02. The number of rotatable bonds is 4. The highest BCUT2D eigenvalue weighted by Gasteiger charge is 2.20. The number of alkyl halides is 2. The van der Waals surface area contributed by atoms with Crippen molar-refractivity contribution >= 4 is 46.7 Å². The summed E-state index contributed by atoms with van der Waals surface area (Å²) in [6.07, 6.45) is 0. The third-order valence-corrected chi connectivity index (χ3v) is 1.89. The first-order valence-electron chi connectivity index (χ1n) is 3.59. The van der Waals surface area contributed by atoms with Crippen molar-refractivity contribution in [2.45, 2.75) is 26.3 Å². The number of nitrogens with zero attached hydrogens (tertiary/aromatic N) is 1.